The predicted octanol–water partition coefficient (Wildman–Crippen LogP) is 6.15. The Morgan fingerprint density at radius 3 is 2.21 bits per heavy atom. The molecule has 1 aromatic heterocycles. The molecule has 0 aliphatic heterocycles. The number of rotatable bonds is 5. The summed E-state index contributed by atoms with van der Waals surface area (Å²) in [6.45, 7) is 0. The average Bonchev–Trinajstić information content (AvgIpc) is 3.32. The summed E-state index contributed by atoms with van der Waals surface area (Å²) >= 11 is 3.31. The first-order valence-electron chi connectivity index (χ1n) is 8.92. The molecular weight excluding hydrogens is 386 g/mol. The molecule has 0 atom stereocenters. The van der Waals surface area contributed by atoms with Gasteiger partial charge in [-0.05, 0) is 34.4 Å². The smallest absolute Gasteiger partial charge is 0.210 e. The molecule has 0 fully saturated rings. The Labute approximate surface area is 171 Å². The summed E-state index contributed by atoms with van der Waals surface area (Å²) in [5.74, 6) is 0.783. The number of hydrogen-bond donors (Lipinski definition) is 1. The summed E-state index contributed by atoms with van der Waals surface area (Å²) in [6.07, 6.45) is 0. The molecular formula is C22H17N3OS2. The van der Waals surface area contributed by atoms with Crippen LogP contribution in [-0.4, -0.2) is 17.3 Å². The van der Waals surface area contributed by atoms with E-state index in [1.54, 1.807) is 30.2 Å². The number of hydrogen-bond acceptors (Lipinski definition) is 6. The molecule has 6 heteroatoms. The maximum atomic E-state index is 5.40. The number of methoxy groups -OCH3 is 1. The van der Waals surface area contributed by atoms with Gasteiger partial charge in [-0.3, -0.25) is 0 Å². The molecule has 28 heavy (non-hydrogen) atoms. The monoisotopic (exact) mass is 403 g/mol. The second-order valence-electron chi connectivity index (χ2n) is 6.37. The predicted molar refractivity (Wildman–Crippen MR) is 116 cm³/mol. The minimum absolute atomic E-state index is 0.236. The molecule has 1 aliphatic carbocycles. The zero-order valence-electron chi connectivity index (χ0n) is 15.1. The summed E-state index contributed by atoms with van der Waals surface area (Å²) in [4.78, 5) is 0. The Hall–Kier alpha value is -2.83. The summed E-state index contributed by atoms with van der Waals surface area (Å²) < 4.78 is 6.34. The van der Waals surface area contributed by atoms with Crippen molar-refractivity contribution in [1.29, 1.82) is 0 Å². The number of fused-ring (bicyclic) bond motifs is 3. The zero-order valence-corrected chi connectivity index (χ0v) is 16.8. The maximum Gasteiger partial charge on any atom is 0.210 e. The third kappa shape index (κ3) is 3.04. The number of thioether (sulfide) groups is 1. The van der Waals surface area contributed by atoms with Crippen molar-refractivity contribution in [3.05, 3.63) is 83.9 Å². The molecule has 3 aromatic carbocycles. The van der Waals surface area contributed by atoms with Crippen molar-refractivity contribution in [2.75, 3.05) is 12.4 Å². The van der Waals surface area contributed by atoms with Crippen LogP contribution >= 0.6 is 23.1 Å². The van der Waals surface area contributed by atoms with Gasteiger partial charge in [-0.2, -0.15) is 0 Å². The van der Waals surface area contributed by atoms with Crippen molar-refractivity contribution in [3.8, 4) is 16.9 Å². The van der Waals surface area contributed by atoms with Crippen molar-refractivity contribution >= 4 is 33.9 Å². The van der Waals surface area contributed by atoms with Gasteiger partial charge < -0.3 is 10.1 Å². The number of nitrogens with one attached hydrogen (secondary N) is 1. The van der Waals surface area contributed by atoms with E-state index in [1.165, 1.54) is 22.3 Å². The lowest BCUT2D eigenvalue weighted by molar-refractivity contribution is 0.417. The molecule has 1 aliphatic rings. The lowest BCUT2D eigenvalue weighted by Gasteiger charge is -2.10. The maximum absolute atomic E-state index is 5.40. The molecule has 138 valence electrons. The number of nitrogens with zero attached hydrogens (tertiary/aromatic N) is 2. The van der Waals surface area contributed by atoms with Crippen LogP contribution in [0.15, 0.2) is 77.1 Å². The van der Waals surface area contributed by atoms with Gasteiger partial charge in [0.25, 0.3) is 0 Å². The van der Waals surface area contributed by atoms with Gasteiger partial charge in [-0.15, -0.1) is 10.2 Å². The van der Waals surface area contributed by atoms with Crippen LogP contribution in [0.4, 0.5) is 10.8 Å². The third-order valence-corrected chi connectivity index (χ3v) is 6.95. The lowest BCUT2D eigenvalue weighted by atomic mass is 10.1. The molecule has 1 N–H and O–H groups in total. The van der Waals surface area contributed by atoms with E-state index in [2.05, 4.69) is 64.0 Å². The standard InChI is InChI=1S/C22H17N3OS2/c1-26-19-13-7-6-12-18(19)23-21-24-25-22(28-21)27-20-16-10-4-2-8-14(16)15-9-3-5-11-17(15)20/h2-13,20H,1H3,(H,23,24). The summed E-state index contributed by atoms with van der Waals surface area (Å²) in [7, 11) is 1.66. The first-order chi connectivity index (χ1) is 13.8. The fourth-order valence-electron chi connectivity index (χ4n) is 3.51. The van der Waals surface area contributed by atoms with Crippen LogP contribution in [0.25, 0.3) is 11.1 Å². The van der Waals surface area contributed by atoms with Gasteiger partial charge in [0, 0.05) is 0 Å². The first kappa shape index (κ1) is 17.3. The Bertz CT molecular complexity index is 1100. The Morgan fingerprint density at radius 1 is 0.857 bits per heavy atom. The van der Waals surface area contributed by atoms with Gasteiger partial charge in [0.2, 0.25) is 5.13 Å². The highest BCUT2D eigenvalue weighted by molar-refractivity contribution is 8.01. The minimum Gasteiger partial charge on any atom is -0.495 e. The normalized spacial score (nSPS) is 12.5. The first-order valence-corrected chi connectivity index (χ1v) is 10.6. The second kappa shape index (κ2) is 7.30. The van der Waals surface area contributed by atoms with E-state index < -0.39 is 0 Å². The Morgan fingerprint density at radius 2 is 1.50 bits per heavy atom. The van der Waals surface area contributed by atoms with E-state index in [1.807, 2.05) is 24.3 Å². The van der Waals surface area contributed by atoms with E-state index in [0.29, 0.717) is 0 Å². The van der Waals surface area contributed by atoms with Crippen LogP contribution in [-0.2, 0) is 0 Å². The SMILES string of the molecule is COc1ccccc1Nc1nnc(SC2c3ccccc3-c3ccccc32)s1. The van der Waals surface area contributed by atoms with Gasteiger partial charge in [0.05, 0.1) is 18.0 Å². The molecule has 4 nitrogen and oxygen atoms in total. The zero-order chi connectivity index (χ0) is 18.9. The van der Waals surface area contributed by atoms with E-state index >= 15 is 0 Å². The van der Waals surface area contributed by atoms with E-state index in [9.17, 15) is 0 Å². The number of aromatic nitrogens is 2. The van der Waals surface area contributed by atoms with Crippen LogP contribution in [0.1, 0.15) is 16.4 Å². The fraction of sp³-hybridized carbons (Fsp3) is 0.0909. The highest BCUT2D eigenvalue weighted by Gasteiger charge is 2.29. The van der Waals surface area contributed by atoms with E-state index in [-0.39, 0.29) is 5.25 Å². The van der Waals surface area contributed by atoms with Crippen LogP contribution in [0, 0.1) is 0 Å². The van der Waals surface area contributed by atoms with Gasteiger partial charge in [-0.1, -0.05) is 83.8 Å². The fourth-order valence-corrected chi connectivity index (χ4v) is 5.67. The summed E-state index contributed by atoms with van der Waals surface area (Å²) in [5.41, 5.74) is 6.18. The van der Waals surface area contributed by atoms with Gasteiger partial charge in [-0.25, -0.2) is 0 Å². The van der Waals surface area contributed by atoms with Crippen LogP contribution < -0.4 is 10.1 Å². The van der Waals surface area contributed by atoms with Gasteiger partial charge in [0.15, 0.2) is 4.34 Å². The number of benzene rings is 3. The molecule has 1 heterocycles. The Balaban J connectivity index is 1.42. The highest BCUT2D eigenvalue weighted by Crippen LogP contribution is 2.52. The summed E-state index contributed by atoms with van der Waals surface area (Å²) in [5, 5.41) is 13.0. The van der Waals surface area contributed by atoms with Gasteiger partial charge >= 0.3 is 0 Å². The molecule has 0 bridgehead atoms. The van der Waals surface area contributed by atoms with E-state index in [0.717, 1.165) is 20.9 Å². The highest BCUT2D eigenvalue weighted by atomic mass is 32.2. The molecule has 0 saturated heterocycles. The third-order valence-electron chi connectivity index (χ3n) is 4.75. The van der Waals surface area contributed by atoms with E-state index in [4.69, 9.17) is 4.74 Å². The van der Waals surface area contributed by atoms with Crippen molar-refractivity contribution in [1.82, 2.24) is 10.2 Å². The van der Waals surface area contributed by atoms with Gasteiger partial charge in [0.1, 0.15) is 5.75 Å². The molecule has 4 aromatic rings. The molecule has 0 amide bonds. The topological polar surface area (TPSA) is 47.0 Å². The minimum atomic E-state index is 0.236. The Kier molecular flexibility index (Phi) is 4.50. The summed E-state index contributed by atoms with van der Waals surface area (Å²) in [6, 6.07) is 25.0. The quantitative estimate of drug-likeness (QED) is 0.433. The second-order valence-corrected chi connectivity index (χ2v) is 8.70. The van der Waals surface area contributed by atoms with Crippen LogP contribution in [0.5, 0.6) is 5.75 Å². The largest absolute Gasteiger partial charge is 0.495 e. The van der Waals surface area contributed by atoms with Crippen molar-refractivity contribution < 1.29 is 4.74 Å². The number of ether oxygens (including phenoxy) is 1. The number of anilines is 2. The molecule has 0 unspecified atom stereocenters. The lowest BCUT2D eigenvalue weighted by Crippen LogP contribution is -1.93. The number of para-hydroxylation sites is 2. The van der Waals surface area contributed by atoms with Crippen molar-refractivity contribution in [2.24, 2.45) is 0 Å². The molecule has 5 rings (SSSR count). The van der Waals surface area contributed by atoms with Crippen molar-refractivity contribution in [2.45, 2.75) is 9.59 Å². The molecule has 0 saturated carbocycles. The van der Waals surface area contributed by atoms with Crippen LogP contribution in [0.2, 0.25) is 0 Å². The molecule has 0 spiro atoms. The average molecular weight is 404 g/mol. The molecule has 0 radical (unpaired) electrons. The van der Waals surface area contributed by atoms with Crippen molar-refractivity contribution in [3.63, 3.8) is 0 Å². The van der Waals surface area contributed by atoms with Crippen LogP contribution in [0.3, 0.4) is 0 Å².